The average Bonchev–Trinajstić information content (AvgIpc) is 1.59. The minimum Gasteiger partial charge on any atom is -0.457 e. The SMILES string of the molecule is Cc1ccc(Oc2ccc(C(C)(C)c3cccc(C(C)(C)c4ccc(Oc5ccc(-n6c(=O)c7cc8c(=O)n(C)c(=O)c8cc7c6=O)cc5)cc4)c3)cc2)cc1.Cc1cccc(Oc2ccc(-c3ccc(Oc4cccc(-n5c(=O)c6cc7c(=O)n(C)c(=O)c7cc6c5=O)c4)cc3)cc2)c1. The highest BCUT2D eigenvalue weighted by atomic mass is 16.5. The second-order valence-corrected chi connectivity index (χ2v) is 26.1. The fourth-order valence-corrected chi connectivity index (χ4v) is 12.8. The number of benzene rings is 11. The van der Waals surface area contributed by atoms with E-state index >= 15 is 0 Å². The zero-order valence-corrected chi connectivity index (χ0v) is 55.8. The summed E-state index contributed by atoms with van der Waals surface area (Å²) in [6.45, 7) is 13.0. The molecule has 0 N–H and O–H groups in total. The zero-order valence-electron chi connectivity index (χ0n) is 55.8. The first kappa shape index (κ1) is 64.5. The van der Waals surface area contributed by atoms with Gasteiger partial charge in [0.1, 0.15) is 46.0 Å². The minimum absolute atomic E-state index is 0.0851. The molecule has 0 fully saturated rings. The fraction of sp³-hybridized carbons (Fsp3) is 0.119. The molecule has 100 heavy (non-hydrogen) atoms. The van der Waals surface area contributed by atoms with Gasteiger partial charge in [0.2, 0.25) is 0 Å². The number of nitrogens with zero attached hydrogens (tertiary/aromatic N) is 4. The lowest BCUT2D eigenvalue weighted by atomic mass is 9.73. The van der Waals surface area contributed by atoms with Crippen molar-refractivity contribution in [3.8, 4) is 68.5 Å². The lowest BCUT2D eigenvalue weighted by molar-refractivity contribution is 0.481. The van der Waals surface area contributed by atoms with Crippen LogP contribution in [0, 0.1) is 13.8 Å². The average molecular weight is 1320 g/mol. The van der Waals surface area contributed by atoms with Gasteiger partial charge in [0.05, 0.1) is 54.5 Å². The van der Waals surface area contributed by atoms with E-state index in [-0.39, 0.29) is 53.9 Å². The van der Waals surface area contributed by atoms with E-state index < -0.39 is 44.5 Å². The maximum Gasteiger partial charge on any atom is 0.266 e. The zero-order chi connectivity index (χ0) is 70.1. The standard InChI is InChI=1S/C48H40N2O6.C36H24N2O6/c1-29-10-18-35(19-11-29)55-36-20-12-30(13-21-36)47(2,3)32-8-7-9-33(26-32)48(4,5)31-14-22-37(23-15-31)56-38-24-16-34(17-25-38)50-45(53)41-27-39-40(28-42(41)46(50)54)44(52)49(6)43(39)51;1-21-5-3-7-27(17-21)43-25-13-9-22(10-14-25)23-11-15-26(16-12-23)44-28-8-4-6-24(18-28)38-35(41)31-19-29-30(20-32(31)36(38)42)34(40)37(2)33(29)39/h7-28H,1-6H3;3-20H,1-2H3. The van der Waals surface area contributed by atoms with Crippen molar-refractivity contribution >= 4 is 43.1 Å². The number of hydrogen-bond donors (Lipinski definition) is 0. The number of ether oxygens (including phenoxy) is 4. The third-order valence-corrected chi connectivity index (χ3v) is 18.8. The summed E-state index contributed by atoms with van der Waals surface area (Å²) in [5.74, 6) is 5.31. The van der Waals surface area contributed by atoms with E-state index in [1.165, 1.54) is 60.6 Å². The van der Waals surface area contributed by atoms with Gasteiger partial charge in [0.25, 0.3) is 44.5 Å². The first-order valence-electron chi connectivity index (χ1n) is 32.3. The molecule has 16 nitrogen and oxygen atoms in total. The van der Waals surface area contributed by atoms with Crippen LogP contribution in [0.5, 0.6) is 46.0 Å². The molecule has 16 heteroatoms. The van der Waals surface area contributed by atoms with Crippen LogP contribution in [0.25, 0.3) is 65.6 Å². The molecular weight excluding hydrogens is 1260 g/mol. The van der Waals surface area contributed by atoms with Crippen LogP contribution in [0.4, 0.5) is 0 Å². The summed E-state index contributed by atoms with van der Waals surface area (Å²) < 4.78 is 28.3. The summed E-state index contributed by atoms with van der Waals surface area (Å²) in [6.07, 6.45) is 0. The Morgan fingerprint density at radius 2 is 0.550 bits per heavy atom. The molecule has 0 amide bonds. The third-order valence-electron chi connectivity index (χ3n) is 18.8. The van der Waals surface area contributed by atoms with Gasteiger partial charge >= 0.3 is 0 Å². The van der Waals surface area contributed by atoms with Gasteiger partial charge in [-0.25, -0.2) is 9.13 Å². The smallest absolute Gasteiger partial charge is 0.266 e. The molecule has 0 radical (unpaired) electrons. The van der Waals surface area contributed by atoms with Crippen molar-refractivity contribution in [2.75, 3.05) is 0 Å². The third kappa shape index (κ3) is 11.9. The van der Waals surface area contributed by atoms with Crippen molar-refractivity contribution in [3.63, 3.8) is 0 Å². The van der Waals surface area contributed by atoms with Crippen LogP contribution in [0.1, 0.15) is 61.1 Å². The van der Waals surface area contributed by atoms with Crippen LogP contribution in [0.3, 0.4) is 0 Å². The van der Waals surface area contributed by atoms with Crippen LogP contribution in [0.15, 0.2) is 281 Å². The molecule has 15 rings (SSSR count). The Morgan fingerprint density at radius 1 is 0.250 bits per heavy atom. The second-order valence-electron chi connectivity index (χ2n) is 26.1. The predicted molar refractivity (Wildman–Crippen MR) is 393 cm³/mol. The van der Waals surface area contributed by atoms with Crippen LogP contribution in [0.2, 0.25) is 0 Å². The van der Waals surface area contributed by atoms with Gasteiger partial charge < -0.3 is 18.9 Å². The Hall–Kier alpha value is -12.8. The normalized spacial score (nSPS) is 11.7. The number of fused-ring (bicyclic) bond motifs is 4. The molecule has 0 aliphatic heterocycles. The molecule has 492 valence electrons. The quantitative estimate of drug-likeness (QED) is 0.0944. The van der Waals surface area contributed by atoms with E-state index in [9.17, 15) is 38.4 Å². The van der Waals surface area contributed by atoms with Gasteiger partial charge in [-0.15, -0.1) is 0 Å². The first-order valence-corrected chi connectivity index (χ1v) is 32.3. The van der Waals surface area contributed by atoms with Crippen LogP contribution < -0.4 is 63.4 Å². The van der Waals surface area contributed by atoms with Gasteiger partial charge in [0, 0.05) is 31.0 Å². The van der Waals surface area contributed by atoms with Gasteiger partial charge in [-0.1, -0.05) is 136 Å². The Labute approximate surface area is 571 Å². The monoisotopic (exact) mass is 1320 g/mol. The highest BCUT2D eigenvalue weighted by Gasteiger charge is 2.29. The summed E-state index contributed by atoms with van der Waals surface area (Å²) in [7, 11) is 2.74. The van der Waals surface area contributed by atoms with E-state index in [1.807, 2.05) is 128 Å². The summed E-state index contributed by atoms with van der Waals surface area (Å²) in [4.78, 5) is 103. The summed E-state index contributed by atoms with van der Waals surface area (Å²) in [5, 5.41) is 0.842. The molecular formula is C84H64N4O12. The van der Waals surface area contributed by atoms with Gasteiger partial charge in [-0.3, -0.25) is 47.5 Å². The molecule has 4 heterocycles. The molecule has 0 aliphatic carbocycles. The van der Waals surface area contributed by atoms with E-state index in [0.29, 0.717) is 34.4 Å². The van der Waals surface area contributed by atoms with Crippen LogP contribution >= 0.6 is 0 Å². The highest BCUT2D eigenvalue weighted by Crippen LogP contribution is 2.39. The molecule has 0 bridgehead atoms. The van der Waals surface area contributed by atoms with Crippen molar-refractivity contribution in [1.82, 2.24) is 18.3 Å². The molecule has 0 aliphatic rings. The lowest BCUT2D eigenvalue weighted by Crippen LogP contribution is -2.23. The molecule has 4 aromatic heterocycles. The maximum absolute atomic E-state index is 13.3. The fourth-order valence-electron chi connectivity index (χ4n) is 12.8. The molecule has 0 saturated carbocycles. The largest absolute Gasteiger partial charge is 0.457 e. The number of aromatic nitrogens is 4. The van der Waals surface area contributed by atoms with E-state index in [4.69, 9.17) is 18.9 Å². The summed E-state index contributed by atoms with van der Waals surface area (Å²) in [6, 6.07) is 75.1. The molecule has 0 spiro atoms. The predicted octanol–water partition coefficient (Wildman–Crippen LogP) is 15.0. The van der Waals surface area contributed by atoms with E-state index in [1.54, 1.807) is 48.5 Å². The lowest BCUT2D eigenvalue weighted by Gasteiger charge is -2.31. The van der Waals surface area contributed by atoms with Crippen molar-refractivity contribution in [2.24, 2.45) is 14.1 Å². The van der Waals surface area contributed by atoms with Gasteiger partial charge in [0.15, 0.2) is 0 Å². The first-order chi connectivity index (χ1) is 48.0. The van der Waals surface area contributed by atoms with E-state index in [2.05, 4.69) is 83.1 Å². The second kappa shape index (κ2) is 25.3. The number of hydrogen-bond acceptors (Lipinski definition) is 12. The van der Waals surface area contributed by atoms with Crippen molar-refractivity contribution in [2.45, 2.75) is 52.4 Å². The topological polar surface area (TPSA) is 193 Å². The highest BCUT2D eigenvalue weighted by molar-refractivity contribution is 5.99. The van der Waals surface area contributed by atoms with Crippen LogP contribution in [-0.2, 0) is 24.9 Å². The van der Waals surface area contributed by atoms with Gasteiger partial charge in [-0.2, -0.15) is 0 Å². The van der Waals surface area contributed by atoms with Crippen molar-refractivity contribution in [3.05, 3.63) is 359 Å². The summed E-state index contributed by atoms with van der Waals surface area (Å²) in [5.41, 5.74) is 4.90. The molecule has 11 aromatic carbocycles. The Balaban J connectivity index is 0.000000175. The van der Waals surface area contributed by atoms with Gasteiger partial charge in [-0.05, 0) is 186 Å². The minimum atomic E-state index is -0.570. The van der Waals surface area contributed by atoms with Crippen molar-refractivity contribution in [1.29, 1.82) is 0 Å². The number of rotatable bonds is 15. The van der Waals surface area contributed by atoms with Crippen LogP contribution in [-0.4, -0.2) is 18.3 Å². The Morgan fingerprint density at radius 3 is 0.930 bits per heavy atom. The summed E-state index contributed by atoms with van der Waals surface area (Å²) >= 11 is 0. The molecule has 0 unspecified atom stereocenters. The van der Waals surface area contributed by atoms with Crippen molar-refractivity contribution < 1.29 is 18.9 Å². The Kier molecular flexibility index (Phi) is 16.3. The molecule has 15 aromatic rings. The molecule has 0 saturated heterocycles. The Bertz CT molecular complexity index is 6010. The maximum atomic E-state index is 13.3. The van der Waals surface area contributed by atoms with E-state index in [0.717, 1.165) is 63.5 Å². The number of aryl methyl sites for hydroxylation is 2. The molecule has 0 atom stereocenters.